The van der Waals surface area contributed by atoms with Crippen LogP contribution >= 0.6 is 0 Å². The van der Waals surface area contributed by atoms with Gasteiger partial charge < -0.3 is 15.1 Å². The maximum atomic E-state index is 11.5. The molecule has 0 saturated carbocycles. The Morgan fingerprint density at radius 1 is 1.36 bits per heavy atom. The van der Waals surface area contributed by atoms with Crippen LogP contribution in [0, 0.1) is 6.92 Å². The van der Waals surface area contributed by atoms with E-state index in [1.807, 2.05) is 31.2 Å². The summed E-state index contributed by atoms with van der Waals surface area (Å²) >= 11 is 0. The van der Waals surface area contributed by atoms with Gasteiger partial charge in [-0.1, -0.05) is 17.7 Å². The summed E-state index contributed by atoms with van der Waals surface area (Å²) in [4.78, 5) is 8.59. The lowest BCUT2D eigenvalue weighted by molar-refractivity contribution is 0.572. The fourth-order valence-electron chi connectivity index (χ4n) is 2.69. The van der Waals surface area contributed by atoms with Gasteiger partial charge in [0.15, 0.2) is 15.8 Å². The second kappa shape index (κ2) is 7.26. The molecule has 1 saturated heterocycles. The minimum Gasteiger partial charge on any atom is -0.444 e. The van der Waals surface area contributed by atoms with E-state index in [-0.39, 0.29) is 17.5 Å². The largest absolute Gasteiger partial charge is 0.444 e. The zero-order valence-electron chi connectivity index (χ0n) is 14.3. The fraction of sp³-hybridized carbons (Fsp3) is 0.412. The van der Waals surface area contributed by atoms with Gasteiger partial charge in [-0.25, -0.2) is 13.4 Å². The Bertz CT molecular complexity index is 856. The maximum absolute atomic E-state index is 11.5. The van der Waals surface area contributed by atoms with Crippen molar-refractivity contribution in [3.8, 4) is 11.5 Å². The van der Waals surface area contributed by atoms with Crippen LogP contribution in [0.2, 0.25) is 0 Å². The molecule has 1 aromatic heterocycles. The monoisotopic (exact) mass is 362 g/mol. The number of benzene rings is 1. The van der Waals surface area contributed by atoms with E-state index in [1.54, 1.807) is 13.3 Å². The van der Waals surface area contributed by atoms with Crippen LogP contribution < -0.4 is 10.6 Å². The lowest BCUT2D eigenvalue weighted by Gasteiger charge is -2.15. The molecular weight excluding hydrogens is 340 g/mol. The van der Waals surface area contributed by atoms with Gasteiger partial charge in [-0.05, 0) is 25.5 Å². The van der Waals surface area contributed by atoms with E-state index in [0.29, 0.717) is 24.8 Å². The molecule has 2 heterocycles. The van der Waals surface area contributed by atoms with Crippen LogP contribution in [0.3, 0.4) is 0 Å². The SMILES string of the molecule is CN=C(NCc1coc(-c2ccc(C)cc2)n1)NC1CCS(=O)(=O)C1. The van der Waals surface area contributed by atoms with Crippen molar-refractivity contribution in [1.29, 1.82) is 0 Å². The van der Waals surface area contributed by atoms with Crippen molar-refractivity contribution in [3.05, 3.63) is 41.8 Å². The van der Waals surface area contributed by atoms with Gasteiger partial charge in [0, 0.05) is 18.7 Å². The Hall–Kier alpha value is -2.35. The molecule has 1 aliphatic heterocycles. The van der Waals surface area contributed by atoms with Crippen LogP contribution in [-0.2, 0) is 16.4 Å². The Kier molecular flexibility index (Phi) is 5.08. The molecule has 134 valence electrons. The summed E-state index contributed by atoms with van der Waals surface area (Å²) in [5.74, 6) is 1.50. The first-order valence-corrected chi connectivity index (χ1v) is 9.96. The van der Waals surface area contributed by atoms with E-state index in [0.717, 1.165) is 11.3 Å². The molecule has 3 rings (SSSR count). The van der Waals surface area contributed by atoms with Crippen molar-refractivity contribution in [2.45, 2.75) is 25.9 Å². The molecule has 8 heteroatoms. The Labute approximate surface area is 147 Å². The molecule has 0 radical (unpaired) electrons. The van der Waals surface area contributed by atoms with E-state index < -0.39 is 9.84 Å². The van der Waals surface area contributed by atoms with Crippen molar-refractivity contribution in [2.75, 3.05) is 18.6 Å². The number of nitrogens with one attached hydrogen (secondary N) is 2. The number of aryl methyl sites for hydroxylation is 1. The molecule has 2 aromatic rings. The van der Waals surface area contributed by atoms with E-state index >= 15 is 0 Å². The van der Waals surface area contributed by atoms with Crippen LogP contribution in [0.5, 0.6) is 0 Å². The number of hydrogen-bond acceptors (Lipinski definition) is 5. The minimum atomic E-state index is -2.92. The molecule has 0 aliphatic carbocycles. The lowest BCUT2D eigenvalue weighted by atomic mass is 10.1. The first-order valence-electron chi connectivity index (χ1n) is 8.14. The van der Waals surface area contributed by atoms with Crippen molar-refractivity contribution < 1.29 is 12.8 Å². The molecular formula is C17H22N4O3S. The molecule has 25 heavy (non-hydrogen) atoms. The number of guanidine groups is 1. The number of rotatable bonds is 4. The van der Waals surface area contributed by atoms with Crippen LogP contribution in [0.4, 0.5) is 0 Å². The summed E-state index contributed by atoms with van der Waals surface area (Å²) in [6, 6.07) is 7.87. The average Bonchev–Trinajstić information content (AvgIpc) is 3.18. The Balaban J connectivity index is 1.56. The predicted octanol–water partition coefficient (Wildman–Crippen LogP) is 1.50. The van der Waals surface area contributed by atoms with Crippen molar-refractivity contribution in [3.63, 3.8) is 0 Å². The maximum Gasteiger partial charge on any atom is 0.226 e. The summed E-state index contributed by atoms with van der Waals surface area (Å²) in [5.41, 5.74) is 2.86. The minimum absolute atomic E-state index is 0.100. The van der Waals surface area contributed by atoms with Crippen molar-refractivity contribution in [2.24, 2.45) is 4.99 Å². The summed E-state index contributed by atoms with van der Waals surface area (Å²) in [6.07, 6.45) is 2.21. The molecule has 7 nitrogen and oxygen atoms in total. The van der Waals surface area contributed by atoms with Gasteiger partial charge in [-0.3, -0.25) is 4.99 Å². The zero-order valence-corrected chi connectivity index (χ0v) is 15.1. The molecule has 1 unspecified atom stereocenters. The van der Waals surface area contributed by atoms with Gasteiger partial charge in [0.25, 0.3) is 0 Å². The first-order chi connectivity index (χ1) is 11.9. The highest BCUT2D eigenvalue weighted by Gasteiger charge is 2.28. The molecule has 0 spiro atoms. The highest BCUT2D eigenvalue weighted by atomic mass is 32.2. The molecule has 2 N–H and O–H groups in total. The Morgan fingerprint density at radius 2 is 2.12 bits per heavy atom. The smallest absolute Gasteiger partial charge is 0.226 e. The van der Waals surface area contributed by atoms with Gasteiger partial charge >= 0.3 is 0 Å². The van der Waals surface area contributed by atoms with E-state index in [2.05, 4.69) is 20.6 Å². The third kappa shape index (κ3) is 4.60. The van der Waals surface area contributed by atoms with E-state index in [1.165, 1.54) is 5.56 Å². The second-order valence-electron chi connectivity index (χ2n) is 6.18. The third-order valence-electron chi connectivity index (χ3n) is 4.08. The van der Waals surface area contributed by atoms with Gasteiger partial charge in [0.2, 0.25) is 5.89 Å². The molecule has 1 fully saturated rings. The highest BCUT2D eigenvalue weighted by Crippen LogP contribution is 2.19. The number of hydrogen-bond donors (Lipinski definition) is 2. The van der Waals surface area contributed by atoms with Crippen LogP contribution in [0.1, 0.15) is 17.7 Å². The summed E-state index contributed by atoms with van der Waals surface area (Å²) < 4.78 is 28.6. The lowest BCUT2D eigenvalue weighted by Crippen LogP contribution is -2.43. The summed E-state index contributed by atoms with van der Waals surface area (Å²) in [6.45, 7) is 2.47. The standard InChI is InChI=1S/C17H22N4O3S/c1-12-3-5-13(6-4-12)16-20-15(10-24-16)9-19-17(18-2)21-14-7-8-25(22,23)11-14/h3-6,10,14H,7-9,11H2,1-2H3,(H2,18,19,21). The topological polar surface area (TPSA) is 96.6 Å². The van der Waals surface area contributed by atoms with E-state index in [4.69, 9.17) is 4.42 Å². The number of nitrogens with zero attached hydrogens (tertiary/aromatic N) is 2. The number of oxazole rings is 1. The van der Waals surface area contributed by atoms with E-state index in [9.17, 15) is 8.42 Å². The molecule has 1 aliphatic rings. The van der Waals surface area contributed by atoms with Crippen molar-refractivity contribution >= 4 is 15.8 Å². The Morgan fingerprint density at radius 3 is 2.76 bits per heavy atom. The first kappa shape index (κ1) is 17.5. The van der Waals surface area contributed by atoms with Gasteiger partial charge in [0.05, 0.1) is 23.7 Å². The number of sulfone groups is 1. The second-order valence-corrected chi connectivity index (χ2v) is 8.41. The normalized spacial score (nSPS) is 19.8. The van der Waals surface area contributed by atoms with Crippen molar-refractivity contribution in [1.82, 2.24) is 15.6 Å². The quantitative estimate of drug-likeness (QED) is 0.632. The third-order valence-corrected chi connectivity index (χ3v) is 5.85. The zero-order chi connectivity index (χ0) is 17.9. The predicted molar refractivity (Wildman–Crippen MR) is 97.1 cm³/mol. The molecule has 0 bridgehead atoms. The highest BCUT2D eigenvalue weighted by molar-refractivity contribution is 7.91. The van der Waals surface area contributed by atoms with Crippen LogP contribution in [-0.4, -0.2) is 44.0 Å². The van der Waals surface area contributed by atoms with Crippen LogP contribution in [0.15, 0.2) is 39.9 Å². The molecule has 0 amide bonds. The number of aliphatic imine (C=N–C) groups is 1. The number of aromatic nitrogens is 1. The average molecular weight is 362 g/mol. The van der Waals surface area contributed by atoms with Gasteiger partial charge in [-0.2, -0.15) is 0 Å². The molecule has 1 atom stereocenters. The van der Waals surface area contributed by atoms with Crippen LogP contribution in [0.25, 0.3) is 11.5 Å². The summed E-state index contributed by atoms with van der Waals surface area (Å²) in [7, 11) is -1.27. The van der Waals surface area contributed by atoms with Gasteiger partial charge in [0.1, 0.15) is 6.26 Å². The fourth-order valence-corrected chi connectivity index (χ4v) is 4.36. The molecule has 1 aromatic carbocycles. The summed E-state index contributed by atoms with van der Waals surface area (Å²) in [5, 5.41) is 6.27. The van der Waals surface area contributed by atoms with Gasteiger partial charge in [-0.15, -0.1) is 0 Å².